The summed E-state index contributed by atoms with van der Waals surface area (Å²) in [5.74, 6) is 1.43. The lowest BCUT2D eigenvalue weighted by Gasteiger charge is -2.33. The average molecular weight is 532 g/mol. The number of carbonyl (C=O) groups excluding carboxylic acids is 1. The van der Waals surface area contributed by atoms with Crippen molar-refractivity contribution in [1.29, 1.82) is 0 Å². The van der Waals surface area contributed by atoms with Crippen molar-refractivity contribution in [1.82, 2.24) is 34.8 Å². The van der Waals surface area contributed by atoms with Crippen LogP contribution in [0, 0.1) is 0 Å². The van der Waals surface area contributed by atoms with Gasteiger partial charge in [0.05, 0.1) is 11.4 Å². The Morgan fingerprint density at radius 1 is 1.15 bits per heavy atom. The van der Waals surface area contributed by atoms with Crippen molar-refractivity contribution in [3.8, 4) is 5.69 Å². The Hall–Kier alpha value is -4.15. The monoisotopic (exact) mass is 531 g/mol. The standard InChI is InChI=1S/C28H37N9O2/c1-18(2)22-23-24(35-34-22)25(29-17-19-9-6-7-10-21(19)37-14-8-13-30-37)33-26(32-23)31-20-11-15-36(16-12-20)27(38)39-28(3,4)5/h6-10,13-14,18,20H,11-12,15-17H2,1-5H3,(H,34,35)(H2,29,31,32,33). The van der Waals surface area contributed by atoms with E-state index in [4.69, 9.17) is 14.7 Å². The minimum Gasteiger partial charge on any atom is -0.444 e. The molecule has 0 saturated carbocycles. The quantitative estimate of drug-likeness (QED) is 0.301. The number of H-pyrrole nitrogens is 1. The van der Waals surface area contributed by atoms with Gasteiger partial charge in [0.1, 0.15) is 16.6 Å². The summed E-state index contributed by atoms with van der Waals surface area (Å²) in [5.41, 5.74) is 4.06. The third-order valence-corrected chi connectivity index (χ3v) is 6.66. The molecule has 4 aromatic rings. The number of anilines is 2. The second-order valence-corrected chi connectivity index (χ2v) is 11.2. The maximum atomic E-state index is 12.5. The molecular weight excluding hydrogens is 494 g/mol. The van der Waals surface area contributed by atoms with Crippen molar-refractivity contribution in [2.75, 3.05) is 23.7 Å². The number of aromatic nitrogens is 6. The molecule has 3 N–H and O–H groups in total. The summed E-state index contributed by atoms with van der Waals surface area (Å²) in [4.78, 5) is 23.9. The van der Waals surface area contributed by atoms with E-state index < -0.39 is 5.60 Å². The lowest BCUT2D eigenvalue weighted by molar-refractivity contribution is 0.0210. The van der Waals surface area contributed by atoms with Gasteiger partial charge in [-0.25, -0.2) is 14.5 Å². The van der Waals surface area contributed by atoms with Crippen LogP contribution in [0.2, 0.25) is 0 Å². The first kappa shape index (κ1) is 26.5. The zero-order valence-corrected chi connectivity index (χ0v) is 23.2. The smallest absolute Gasteiger partial charge is 0.410 e. The number of carbonyl (C=O) groups is 1. The molecule has 5 rings (SSSR count). The van der Waals surface area contributed by atoms with Crippen LogP contribution in [0.3, 0.4) is 0 Å². The molecule has 11 nitrogen and oxygen atoms in total. The van der Waals surface area contributed by atoms with Gasteiger partial charge in [0.25, 0.3) is 0 Å². The minimum atomic E-state index is -0.504. The van der Waals surface area contributed by atoms with Crippen LogP contribution in [0.1, 0.15) is 64.6 Å². The predicted octanol–water partition coefficient (Wildman–Crippen LogP) is 5.09. The normalized spacial score (nSPS) is 14.7. The predicted molar refractivity (Wildman–Crippen MR) is 151 cm³/mol. The highest BCUT2D eigenvalue weighted by Crippen LogP contribution is 2.28. The molecule has 0 unspecified atom stereocenters. The van der Waals surface area contributed by atoms with Crippen LogP contribution in [-0.2, 0) is 11.3 Å². The van der Waals surface area contributed by atoms with Gasteiger partial charge < -0.3 is 20.3 Å². The van der Waals surface area contributed by atoms with Crippen LogP contribution in [0.25, 0.3) is 16.7 Å². The molecule has 39 heavy (non-hydrogen) atoms. The zero-order chi connectivity index (χ0) is 27.6. The average Bonchev–Trinajstić information content (AvgIpc) is 3.57. The molecule has 1 aromatic carbocycles. The van der Waals surface area contributed by atoms with Gasteiger partial charge in [-0.2, -0.15) is 15.2 Å². The molecule has 1 saturated heterocycles. The summed E-state index contributed by atoms with van der Waals surface area (Å²) in [5, 5.41) is 19.1. The topological polar surface area (TPSA) is 126 Å². The van der Waals surface area contributed by atoms with Gasteiger partial charge in [-0.1, -0.05) is 32.0 Å². The Bertz CT molecular complexity index is 1410. The number of benzene rings is 1. The largest absolute Gasteiger partial charge is 0.444 e. The van der Waals surface area contributed by atoms with E-state index in [1.807, 2.05) is 55.9 Å². The maximum Gasteiger partial charge on any atom is 0.410 e. The van der Waals surface area contributed by atoms with Crippen LogP contribution >= 0.6 is 0 Å². The number of rotatable bonds is 7. The van der Waals surface area contributed by atoms with E-state index >= 15 is 0 Å². The molecule has 11 heteroatoms. The molecule has 4 heterocycles. The fourth-order valence-electron chi connectivity index (χ4n) is 4.71. The van der Waals surface area contributed by atoms with Crippen molar-refractivity contribution in [2.24, 2.45) is 0 Å². The van der Waals surface area contributed by atoms with Gasteiger partial charge >= 0.3 is 6.09 Å². The number of nitrogens with zero attached hydrogens (tertiary/aromatic N) is 6. The third-order valence-electron chi connectivity index (χ3n) is 6.66. The van der Waals surface area contributed by atoms with Gasteiger partial charge in [-0.15, -0.1) is 0 Å². The summed E-state index contributed by atoms with van der Waals surface area (Å²) in [6.07, 6.45) is 5.00. The van der Waals surface area contributed by atoms with Crippen LogP contribution in [0.5, 0.6) is 0 Å². The number of amides is 1. The number of hydrogen-bond acceptors (Lipinski definition) is 8. The first-order valence-electron chi connectivity index (χ1n) is 13.5. The van der Waals surface area contributed by atoms with E-state index in [-0.39, 0.29) is 18.1 Å². The summed E-state index contributed by atoms with van der Waals surface area (Å²) in [6, 6.07) is 10.2. The Kier molecular flexibility index (Phi) is 7.40. The van der Waals surface area contributed by atoms with Gasteiger partial charge in [0.2, 0.25) is 5.95 Å². The molecule has 206 valence electrons. The molecule has 0 bridgehead atoms. The highest BCUT2D eigenvalue weighted by Gasteiger charge is 2.27. The number of aromatic amines is 1. The van der Waals surface area contributed by atoms with Crippen molar-refractivity contribution in [3.05, 3.63) is 54.0 Å². The molecule has 1 amide bonds. The first-order chi connectivity index (χ1) is 18.7. The lowest BCUT2D eigenvalue weighted by atomic mass is 10.1. The van der Waals surface area contributed by atoms with Crippen LogP contribution in [-0.4, -0.2) is 65.7 Å². The van der Waals surface area contributed by atoms with E-state index in [0.717, 1.165) is 40.8 Å². The number of nitrogens with one attached hydrogen (secondary N) is 3. The molecular formula is C28H37N9O2. The number of likely N-dealkylation sites (tertiary alicyclic amines) is 1. The van der Waals surface area contributed by atoms with Crippen LogP contribution in [0.15, 0.2) is 42.7 Å². The van der Waals surface area contributed by atoms with Crippen LogP contribution in [0.4, 0.5) is 16.6 Å². The summed E-state index contributed by atoms with van der Waals surface area (Å²) in [6.45, 7) is 11.6. The number of piperidine rings is 1. The van der Waals surface area contributed by atoms with Gasteiger partial charge in [-0.05, 0) is 57.2 Å². The molecule has 1 aliphatic rings. The van der Waals surface area contributed by atoms with E-state index in [0.29, 0.717) is 31.4 Å². The number of hydrogen-bond donors (Lipinski definition) is 3. The zero-order valence-electron chi connectivity index (χ0n) is 23.2. The lowest BCUT2D eigenvalue weighted by Crippen LogP contribution is -2.44. The number of para-hydroxylation sites is 1. The van der Waals surface area contributed by atoms with E-state index in [1.165, 1.54) is 0 Å². The fourth-order valence-corrected chi connectivity index (χ4v) is 4.71. The Balaban J connectivity index is 1.34. The molecule has 1 fully saturated rings. The number of ether oxygens (including phenoxy) is 1. The fraction of sp³-hybridized carbons (Fsp3) is 0.464. The van der Waals surface area contributed by atoms with E-state index in [9.17, 15) is 4.79 Å². The second-order valence-electron chi connectivity index (χ2n) is 11.2. The molecule has 3 aromatic heterocycles. The summed E-state index contributed by atoms with van der Waals surface area (Å²) < 4.78 is 7.39. The highest BCUT2D eigenvalue weighted by molar-refractivity contribution is 5.88. The Labute approximate surface area is 228 Å². The Morgan fingerprint density at radius 2 is 1.92 bits per heavy atom. The number of fused-ring (bicyclic) bond motifs is 1. The minimum absolute atomic E-state index is 0.143. The summed E-state index contributed by atoms with van der Waals surface area (Å²) >= 11 is 0. The molecule has 1 aliphatic heterocycles. The van der Waals surface area contributed by atoms with Crippen molar-refractivity contribution in [2.45, 2.75) is 71.6 Å². The van der Waals surface area contributed by atoms with Crippen molar-refractivity contribution < 1.29 is 9.53 Å². The van der Waals surface area contributed by atoms with E-state index in [1.54, 1.807) is 11.1 Å². The highest BCUT2D eigenvalue weighted by atomic mass is 16.6. The molecule has 0 radical (unpaired) electrons. The van der Waals surface area contributed by atoms with E-state index in [2.05, 4.69) is 45.8 Å². The second kappa shape index (κ2) is 10.9. The molecule has 0 spiro atoms. The third kappa shape index (κ3) is 6.13. The molecule has 0 atom stereocenters. The van der Waals surface area contributed by atoms with Gasteiger partial charge in [0.15, 0.2) is 5.82 Å². The Morgan fingerprint density at radius 3 is 2.62 bits per heavy atom. The summed E-state index contributed by atoms with van der Waals surface area (Å²) in [7, 11) is 0. The van der Waals surface area contributed by atoms with Gasteiger partial charge in [-0.3, -0.25) is 5.10 Å². The maximum absolute atomic E-state index is 12.5. The SMILES string of the molecule is CC(C)c1n[nH]c2c(NCc3ccccc3-n3cccn3)nc(NC3CCN(C(=O)OC(C)(C)C)CC3)nc12. The van der Waals surface area contributed by atoms with Crippen molar-refractivity contribution >= 4 is 28.9 Å². The van der Waals surface area contributed by atoms with Crippen LogP contribution < -0.4 is 10.6 Å². The van der Waals surface area contributed by atoms with Crippen molar-refractivity contribution in [3.63, 3.8) is 0 Å². The first-order valence-corrected chi connectivity index (χ1v) is 13.5. The van der Waals surface area contributed by atoms with Gasteiger partial charge in [0, 0.05) is 38.1 Å². The molecule has 0 aliphatic carbocycles.